The van der Waals surface area contributed by atoms with E-state index in [2.05, 4.69) is 30.5 Å². The van der Waals surface area contributed by atoms with Crippen molar-refractivity contribution in [3.05, 3.63) is 84.0 Å². The van der Waals surface area contributed by atoms with Crippen molar-refractivity contribution in [2.24, 2.45) is 0 Å². The number of aromatic nitrogens is 6. The lowest BCUT2D eigenvalue weighted by atomic mass is 10.2. The second kappa shape index (κ2) is 8.58. The van der Waals surface area contributed by atoms with Crippen LogP contribution in [0.4, 0.5) is 20.3 Å². The Morgan fingerprint density at radius 3 is 2.82 bits per heavy atom. The van der Waals surface area contributed by atoms with E-state index in [1.165, 1.54) is 29.3 Å². The largest absolute Gasteiger partial charge is 0.382 e. The molecule has 0 aliphatic carbocycles. The molecule has 0 unspecified atom stereocenters. The Bertz CT molecular complexity index is 1460. The van der Waals surface area contributed by atoms with Crippen LogP contribution in [0.1, 0.15) is 15.9 Å². The summed E-state index contributed by atoms with van der Waals surface area (Å²) in [5, 5.41) is 11.0. The van der Waals surface area contributed by atoms with E-state index in [0.29, 0.717) is 22.6 Å². The number of hydrogen-bond donors (Lipinski definition) is 3. The van der Waals surface area contributed by atoms with Gasteiger partial charge < -0.3 is 20.6 Å². The maximum absolute atomic E-state index is 14.3. The first kappa shape index (κ1) is 21.0. The zero-order valence-electron chi connectivity index (χ0n) is 17.4. The molecule has 12 heteroatoms. The first-order chi connectivity index (χ1) is 16.5. The predicted octanol–water partition coefficient (Wildman–Crippen LogP) is 3.48. The van der Waals surface area contributed by atoms with Crippen LogP contribution in [-0.4, -0.2) is 35.8 Å². The molecule has 0 bridgehead atoms. The Morgan fingerprint density at radius 2 is 2.09 bits per heavy atom. The maximum Gasteiger partial charge on any atom is 0.257 e. The van der Waals surface area contributed by atoms with E-state index < -0.39 is 11.6 Å². The standard InChI is InChI=1S/C22H16F2N8O2/c23-14-3-1-2-13(19(14)24)11-32-18(15-5-7-34-31-15)8-16(30-32)21-27-10-17(20(25)29-21)28-22(33)12-4-6-26-9-12/h1-10,26H,11H2,(H,28,33)(H2,25,27,29). The molecular formula is C22H16F2N8O2. The molecule has 0 radical (unpaired) electrons. The Hall–Kier alpha value is -4.87. The van der Waals surface area contributed by atoms with Gasteiger partial charge >= 0.3 is 0 Å². The van der Waals surface area contributed by atoms with Gasteiger partial charge in [0.25, 0.3) is 5.91 Å². The van der Waals surface area contributed by atoms with Crippen LogP contribution < -0.4 is 11.1 Å². The van der Waals surface area contributed by atoms with Gasteiger partial charge in [-0.1, -0.05) is 17.3 Å². The number of anilines is 2. The fourth-order valence-electron chi connectivity index (χ4n) is 3.30. The number of nitrogens with two attached hydrogens (primary N) is 1. The van der Waals surface area contributed by atoms with Crippen molar-refractivity contribution >= 4 is 17.4 Å². The summed E-state index contributed by atoms with van der Waals surface area (Å²) in [6.07, 6.45) is 5.91. The van der Waals surface area contributed by atoms with Crippen molar-refractivity contribution in [3.8, 4) is 22.9 Å². The fraction of sp³-hybridized carbons (Fsp3) is 0.0455. The summed E-state index contributed by atoms with van der Waals surface area (Å²) in [5.74, 6) is -2.10. The molecule has 4 N–H and O–H groups in total. The minimum atomic E-state index is -0.964. The van der Waals surface area contributed by atoms with Gasteiger partial charge in [0.2, 0.25) is 0 Å². The fourth-order valence-corrected chi connectivity index (χ4v) is 3.30. The molecule has 4 aromatic heterocycles. The average molecular weight is 462 g/mol. The van der Waals surface area contributed by atoms with Crippen LogP contribution in [-0.2, 0) is 6.54 Å². The van der Waals surface area contributed by atoms with Crippen LogP contribution in [0.2, 0.25) is 0 Å². The molecule has 1 amide bonds. The van der Waals surface area contributed by atoms with Crippen LogP contribution in [0.3, 0.4) is 0 Å². The van der Waals surface area contributed by atoms with Gasteiger partial charge in [0.15, 0.2) is 23.3 Å². The molecule has 34 heavy (non-hydrogen) atoms. The summed E-state index contributed by atoms with van der Waals surface area (Å²) in [4.78, 5) is 23.5. The molecule has 4 heterocycles. The number of H-pyrrole nitrogens is 1. The lowest BCUT2D eigenvalue weighted by Crippen LogP contribution is -2.13. The number of carbonyl (C=O) groups excluding carboxylic acids is 1. The van der Waals surface area contributed by atoms with Crippen LogP contribution in [0.15, 0.2) is 65.8 Å². The first-order valence-corrected chi connectivity index (χ1v) is 9.98. The molecule has 1 aromatic carbocycles. The van der Waals surface area contributed by atoms with Gasteiger partial charge in [0, 0.05) is 24.0 Å². The van der Waals surface area contributed by atoms with E-state index in [0.717, 1.165) is 6.07 Å². The summed E-state index contributed by atoms with van der Waals surface area (Å²) < 4.78 is 34.3. The average Bonchev–Trinajstić information content (AvgIpc) is 3.60. The minimum Gasteiger partial charge on any atom is -0.382 e. The smallest absolute Gasteiger partial charge is 0.257 e. The summed E-state index contributed by atoms with van der Waals surface area (Å²) in [6, 6.07) is 8.76. The van der Waals surface area contributed by atoms with Crippen molar-refractivity contribution in [1.29, 1.82) is 0 Å². The van der Waals surface area contributed by atoms with Crippen molar-refractivity contribution in [3.63, 3.8) is 0 Å². The van der Waals surface area contributed by atoms with Gasteiger partial charge in [0.05, 0.1) is 24.0 Å². The summed E-state index contributed by atoms with van der Waals surface area (Å²) in [5.41, 5.74) is 7.99. The number of nitrogen functional groups attached to an aromatic ring is 1. The Morgan fingerprint density at radius 1 is 1.21 bits per heavy atom. The lowest BCUT2D eigenvalue weighted by Gasteiger charge is -2.08. The third kappa shape index (κ3) is 3.99. The Balaban J connectivity index is 1.48. The highest BCUT2D eigenvalue weighted by molar-refractivity contribution is 6.05. The summed E-state index contributed by atoms with van der Waals surface area (Å²) in [6.45, 7) is -0.0773. The molecule has 0 spiro atoms. The second-order valence-electron chi connectivity index (χ2n) is 7.22. The number of benzene rings is 1. The number of aromatic amines is 1. The van der Waals surface area contributed by atoms with Crippen LogP contribution in [0.5, 0.6) is 0 Å². The van der Waals surface area contributed by atoms with E-state index in [1.807, 2.05) is 0 Å². The van der Waals surface area contributed by atoms with E-state index in [9.17, 15) is 13.6 Å². The van der Waals surface area contributed by atoms with Crippen molar-refractivity contribution in [1.82, 2.24) is 29.9 Å². The zero-order chi connectivity index (χ0) is 23.7. The zero-order valence-corrected chi connectivity index (χ0v) is 17.4. The van der Waals surface area contributed by atoms with E-state index >= 15 is 0 Å². The van der Waals surface area contributed by atoms with Gasteiger partial charge in [-0.05, 0) is 18.2 Å². The van der Waals surface area contributed by atoms with Crippen LogP contribution in [0.25, 0.3) is 22.9 Å². The van der Waals surface area contributed by atoms with E-state index in [-0.39, 0.29) is 35.3 Å². The van der Waals surface area contributed by atoms with Gasteiger partial charge in [-0.15, -0.1) is 0 Å². The van der Waals surface area contributed by atoms with E-state index in [1.54, 1.807) is 30.6 Å². The third-order valence-electron chi connectivity index (χ3n) is 4.99. The highest BCUT2D eigenvalue weighted by Gasteiger charge is 2.19. The SMILES string of the molecule is Nc1nc(-c2cc(-c3ccon3)n(Cc3cccc(F)c3F)n2)ncc1NC(=O)c1cc[nH]c1. The minimum absolute atomic E-state index is 0.0302. The molecule has 0 aliphatic heterocycles. The molecular weight excluding hydrogens is 446 g/mol. The lowest BCUT2D eigenvalue weighted by molar-refractivity contribution is 0.102. The number of nitrogens with zero attached hydrogens (tertiary/aromatic N) is 5. The molecule has 0 atom stereocenters. The molecule has 0 saturated heterocycles. The number of carbonyl (C=O) groups is 1. The Kier molecular flexibility index (Phi) is 5.30. The molecule has 0 saturated carbocycles. The predicted molar refractivity (Wildman–Crippen MR) is 117 cm³/mol. The second-order valence-corrected chi connectivity index (χ2v) is 7.22. The van der Waals surface area contributed by atoms with Gasteiger partial charge in [-0.3, -0.25) is 9.48 Å². The van der Waals surface area contributed by atoms with Crippen molar-refractivity contribution in [2.75, 3.05) is 11.1 Å². The van der Waals surface area contributed by atoms with Crippen LogP contribution in [0, 0.1) is 11.6 Å². The molecule has 0 aliphatic rings. The van der Waals surface area contributed by atoms with Crippen LogP contribution >= 0.6 is 0 Å². The molecule has 0 fully saturated rings. The Labute approximate surface area is 190 Å². The molecule has 170 valence electrons. The maximum atomic E-state index is 14.3. The normalized spacial score (nSPS) is 11.0. The number of hydrogen-bond acceptors (Lipinski definition) is 7. The van der Waals surface area contributed by atoms with E-state index in [4.69, 9.17) is 10.3 Å². The number of amides is 1. The monoisotopic (exact) mass is 462 g/mol. The molecule has 10 nitrogen and oxygen atoms in total. The topological polar surface area (TPSA) is 141 Å². The first-order valence-electron chi connectivity index (χ1n) is 9.98. The highest BCUT2D eigenvalue weighted by atomic mass is 19.2. The van der Waals surface area contributed by atoms with Gasteiger partial charge in [-0.25, -0.2) is 18.7 Å². The number of rotatable bonds is 6. The summed E-state index contributed by atoms with van der Waals surface area (Å²) in [7, 11) is 0. The van der Waals surface area contributed by atoms with Gasteiger partial charge in [0.1, 0.15) is 23.3 Å². The summed E-state index contributed by atoms with van der Waals surface area (Å²) >= 11 is 0. The number of halogens is 2. The highest BCUT2D eigenvalue weighted by Crippen LogP contribution is 2.27. The van der Waals surface area contributed by atoms with Crippen molar-refractivity contribution in [2.45, 2.75) is 6.54 Å². The van der Waals surface area contributed by atoms with Gasteiger partial charge in [-0.2, -0.15) is 5.10 Å². The number of nitrogens with one attached hydrogen (secondary N) is 2. The molecule has 5 rings (SSSR count). The van der Waals surface area contributed by atoms with Crippen molar-refractivity contribution < 1.29 is 18.1 Å². The molecule has 5 aromatic rings. The quantitative estimate of drug-likeness (QED) is 0.351. The third-order valence-corrected chi connectivity index (χ3v) is 4.99.